The van der Waals surface area contributed by atoms with Crippen molar-refractivity contribution >= 4 is 58.1 Å². The molecule has 1 aliphatic rings. The second-order valence-electron chi connectivity index (χ2n) is 6.72. The number of ether oxygens (including phenoxy) is 2. The Balaban J connectivity index is 1.72. The lowest BCUT2D eigenvalue weighted by molar-refractivity contribution is -0.127. The normalized spacial score (nSPS) is 14.5. The first kappa shape index (κ1) is 24.1. The minimum atomic E-state index is -0.630. The van der Waals surface area contributed by atoms with Crippen LogP contribution in [0.4, 0.5) is 10.5 Å². The van der Waals surface area contributed by atoms with E-state index in [0.29, 0.717) is 34.4 Å². The second kappa shape index (κ2) is 10.9. The highest BCUT2D eigenvalue weighted by Gasteiger charge is 2.36. The monoisotopic (exact) mass is 489 g/mol. The van der Waals surface area contributed by atoms with Gasteiger partial charge in [0.25, 0.3) is 17.1 Å². The van der Waals surface area contributed by atoms with Crippen LogP contribution >= 0.6 is 23.4 Å². The number of halogens is 1. The fraction of sp³-hybridized carbons (Fsp3) is 0.182. The molecule has 0 spiro atoms. The van der Waals surface area contributed by atoms with Crippen molar-refractivity contribution in [2.75, 3.05) is 25.1 Å². The second-order valence-corrected chi connectivity index (χ2v) is 8.15. The molecule has 4 amide bonds. The Kier molecular flexibility index (Phi) is 7.96. The summed E-state index contributed by atoms with van der Waals surface area (Å²) < 4.78 is 10.8. The highest BCUT2D eigenvalue weighted by atomic mass is 35.5. The van der Waals surface area contributed by atoms with Crippen LogP contribution in [-0.2, 0) is 14.4 Å². The molecule has 0 saturated carbocycles. The first-order valence-electron chi connectivity index (χ1n) is 9.75. The van der Waals surface area contributed by atoms with Crippen LogP contribution in [-0.4, -0.2) is 47.6 Å². The lowest BCUT2D eigenvalue weighted by atomic mass is 10.2. The molecule has 11 heteroatoms. The number of anilines is 1. The molecular weight excluding hydrogens is 470 g/mol. The van der Waals surface area contributed by atoms with Crippen LogP contribution in [0.2, 0.25) is 5.02 Å². The molecule has 1 fully saturated rings. The van der Waals surface area contributed by atoms with Crippen molar-refractivity contribution in [1.82, 2.24) is 4.90 Å². The van der Waals surface area contributed by atoms with Gasteiger partial charge in [0.05, 0.1) is 11.5 Å². The van der Waals surface area contributed by atoms with E-state index in [0.717, 1.165) is 16.7 Å². The highest BCUT2D eigenvalue weighted by Crippen LogP contribution is 2.34. The van der Waals surface area contributed by atoms with Crippen molar-refractivity contribution in [3.63, 3.8) is 0 Å². The van der Waals surface area contributed by atoms with Crippen molar-refractivity contribution in [3.05, 3.63) is 58.0 Å². The zero-order valence-corrected chi connectivity index (χ0v) is 19.1. The summed E-state index contributed by atoms with van der Waals surface area (Å²) in [6.07, 6.45) is 1.51. The Morgan fingerprint density at radius 1 is 1.15 bits per heavy atom. The van der Waals surface area contributed by atoms with E-state index in [1.54, 1.807) is 49.4 Å². The molecule has 172 valence electrons. The van der Waals surface area contributed by atoms with Gasteiger partial charge in [0, 0.05) is 10.7 Å². The highest BCUT2D eigenvalue weighted by molar-refractivity contribution is 8.18. The summed E-state index contributed by atoms with van der Waals surface area (Å²) in [4.78, 5) is 49.4. The summed E-state index contributed by atoms with van der Waals surface area (Å²) in [5, 5.41) is 2.49. The number of nitrogens with one attached hydrogen (secondary N) is 1. The maximum Gasteiger partial charge on any atom is 0.294 e. The van der Waals surface area contributed by atoms with Gasteiger partial charge in [0.2, 0.25) is 5.91 Å². The van der Waals surface area contributed by atoms with Gasteiger partial charge in [-0.1, -0.05) is 23.7 Å². The number of nitrogens with two attached hydrogens (primary N) is 1. The van der Waals surface area contributed by atoms with Crippen molar-refractivity contribution < 1.29 is 28.7 Å². The van der Waals surface area contributed by atoms with E-state index in [1.165, 1.54) is 6.08 Å². The Hall–Kier alpha value is -3.50. The van der Waals surface area contributed by atoms with Gasteiger partial charge in [-0.2, -0.15) is 0 Å². The number of benzene rings is 2. The molecule has 0 atom stereocenters. The van der Waals surface area contributed by atoms with Crippen molar-refractivity contribution in [2.24, 2.45) is 5.73 Å². The molecule has 1 heterocycles. The van der Waals surface area contributed by atoms with Gasteiger partial charge in [-0.25, -0.2) is 0 Å². The third kappa shape index (κ3) is 6.50. The molecule has 0 bridgehead atoms. The molecule has 3 N–H and O–H groups in total. The smallest absolute Gasteiger partial charge is 0.294 e. The predicted molar refractivity (Wildman–Crippen MR) is 125 cm³/mol. The molecule has 0 radical (unpaired) electrons. The lowest BCUT2D eigenvalue weighted by Gasteiger charge is -2.13. The van der Waals surface area contributed by atoms with Gasteiger partial charge in [-0.3, -0.25) is 24.1 Å². The third-order valence-corrected chi connectivity index (χ3v) is 5.36. The van der Waals surface area contributed by atoms with Crippen molar-refractivity contribution in [2.45, 2.75) is 6.92 Å². The molecule has 2 aromatic rings. The molecule has 0 aliphatic carbocycles. The maximum absolute atomic E-state index is 12.7. The quantitative estimate of drug-likeness (QED) is 0.517. The van der Waals surface area contributed by atoms with Crippen molar-refractivity contribution in [1.29, 1.82) is 0 Å². The van der Waals surface area contributed by atoms with Crippen LogP contribution in [0.1, 0.15) is 12.5 Å². The minimum Gasteiger partial charge on any atom is -0.490 e. The van der Waals surface area contributed by atoms with Crippen LogP contribution in [0.15, 0.2) is 47.4 Å². The van der Waals surface area contributed by atoms with E-state index in [9.17, 15) is 19.2 Å². The van der Waals surface area contributed by atoms with Gasteiger partial charge in [-0.15, -0.1) is 0 Å². The van der Waals surface area contributed by atoms with Crippen LogP contribution in [0, 0.1) is 0 Å². The van der Waals surface area contributed by atoms with E-state index in [-0.39, 0.29) is 11.5 Å². The standard InChI is InChI=1S/C22H20ClN3O6S/c1-2-31-17-8-13(6-7-16(17)32-12-19(24)27)9-18-21(29)26(22(30)33-18)11-20(28)25-15-5-3-4-14(23)10-15/h3-10H,2,11-12H2,1H3,(H2,24,27)(H,25,28)/b18-9-. The van der Waals surface area contributed by atoms with Gasteiger partial charge in [-0.05, 0) is 60.7 Å². The number of hydrogen-bond acceptors (Lipinski definition) is 7. The number of carbonyl (C=O) groups excluding carboxylic acids is 4. The summed E-state index contributed by atoms with van der Waals surface area (Å²) in [5.41, 5.74) is 6.13. The molecule has 9 nitrogen and oxygen atoms in total. The van der Waals surface area contributed by atoms with Crippen LogP contribution in [0.3, 0.4) is 0 Å². The van der Waals surface area contributed by atoms with E-state index in [2.05, 4.69) is 5.32 Å². The van der Waals surface area contributed by atoms with E-state index in [4.69, 9.17) is 26.8 Å². The average Bonchev–Trinajstić information content (AvgIpc) is 3.00. The van der Waals surface area contributed by atoms with Crippen LogP contribution in [0.5, 0.6) is 11.5 Å². The largest absolute Gasteiger partial charge is 0.490 e. The summed E-state index contributed by atoms with van der Waals surface area (Å²) in [6, 6.07) is 11.3. The first-order chi connectivity index (χ1) is 15.8. The number of nitrogens with zero attached hydrogens (tertiary/aromatic N) is 1. The number of amides is 4. The number of thioether (sulfide) groups is 1. The molecule has 33 heavy (non-hydrogen) atoms. The number of carbonyl (C=O) groups is 4. The van der Waals surface area contributed by atoms with E-state index >= 15 is 0 Å². The van der Waals surface area contributed by atoms with Gasteiger partial charge in [0.1, 0.15) is 6.54 Å². The summed E-state index contributed by atoms with van der Waals surface area (Å²) in [6.45, 7) is 1.38. The minimum absolute atomic E-state index is 0.156. The molecule has 1 aliphatic heterocycles. The Labute approximate surface area is 198 Å². The van der Waals surface area contributed by atoms with E-state index in [1.807, 2.05) is 0 Å². The molecule has 0 aromatic heterocycles. The topological polar surface area (TPSA) is 128 Å². The van der Waals surface area contributed by atoms with E-state index < -0.39 is 29.5 Å². The summed E-state index contributed by atoms with van der Waals surface area (Å²) >= 11 is 6.62. The average molecular weight is 490 g/mol. The summed E-state index contributed by atoms with van der Waals surface area (Å²) in [5.74, 6) is -1.07. The SMILES string of the molecule is CCOc1cc(/C=C2\SC(=O)N(CC(=O)Nc3cccc(Cl)c3)C2=O)ccc1OCC(N)=O. The number of primary amides is 1. The molecule has 3 rings (SSSR count). The molecule has 1 saturated heterocycles. The Morgan fingerprint density at radius 3 is 2.64 bits per heavy atom. The fourth-order valence-electron chi connectivity index (χ4n) is 2.85. The van der Waals surface area contributed by atoms with Gasteiger partial charge < -0.3 is 20.5 Å². The predicted octanol–water partition coefficient (Wildman–Crippen LogP) is 3.28. The third-order valence-electron chi connectivity index (χ3n) is 4.22. The van der Waals surface area contributed by atoms with Crippen LogP contribution < -0.4 is 20.5 Å². The molecule has 0 unspecified atom stereocenters. The molecular formula is C22H20ClN3O6S. The lowest BCUT2D eigenvalue weighted by Crippen LogP contribution is -2.36. The first-order valence-corrected chi connectivity index (χ1v) is 10.9. The van der Waals surface area contributed by atoms with Gasteiger partial charge in [0.15, 0.2) is 18.1 Å². The zero-order valence-electron chi connectivity index (χ0n) is 17.5. The van der Waals surface area contributed by atoms with Crippen LogP contribution in [0.25, 0.3) is 6.08 Å². The van der Waals surface area contributed by atoms with Gasteiger partial charge >= 0.3 is 0 Å². The zero-order chi connectivity index (χ0) is 24.0. The Bertz CT molecular complexity index is 1140. The number of rotatable bonds is 9. The Morgan fingerprint density at radius 2 is 1.94 bits per heavy atom. The fourth-order valence-corrected chi connectivity index (χ4v) is 3.88. The summed E-state index contributed by atoms with van der Waals surface area (Å²) in [7, 11) is 0. The molecule has 2 aromatic carbocycles. The van der Waals surface area contributed by atoms with Crippen molar-refractivity contribution in [3.8, 4) is 11.5 Å². The maximum atomic E-state index is 12.7. The number of hydrogen-bond donors (Lipinski definition) is 2. The number of imide groups is 1.